The molecular weight excluding hydrogens is 504 g/mol. The van der Waals surface area contributed by atoms with Crippen LogP contribution in [0.15, 0.2) is 72.8 Å². The van der Waals surface area contributed by atoms with Crippen LogP contribution >= 0.6 is 0 Å². The van der Waals surface area contributed by atoms with Crippen LogP contribution < -0.4 is 0 Å². The predicted octanol–water partition coefficient (Wildman–Crippen LogP) is 12.0. The van der Waals surface area contributed by atoms with Crippen molar-refractivity contribution in [2.45, 2.75) is 111 Å². The van der Waals surface area contributed by atoms with Crippen LogP contribution in [-0.2, 0) is 22.7 Å². The Kier molecular flexibility index (Phi) is 7.07. The minimum Gasteiger partial charge on any atom is -0.0642 e. The molecule has 0 fully saturated rings. The number of rotatable bonds is 7. The molecule has 0 bridgehead atoms. The molecule has 0 aromatic heterocycles. The smallest absolute Gasteiger partial charge is 0.0210 e. The largest absolute Gasteiger partial charge is 0.0642 e. The quantitative estimate of drug-likeness (QED) is 0.213. The standard InChI is InChI=1S/C42H50/c1-10-41(11-2)36-23-28(22-27(5)6)14-18-32(36)33-19-15-29(24-37(33)41)30-16-20-34-35-21-17-31(40(7,8)9)26-39(35)42(12-3,13-4)38(34)25-30/h14-21,23-27H,10-13,22H2,1-9H3. The molecule has 218 valence electrons. The van der Waals surface area contributed by atoms with Crippen molar-refractivity contribution in [2.24, 2.45) is 5.92 Å². The predicted molar refractivity (Wildman–Crippen MR) is 183 cm³/mol. The van der Waals surface area contributed by atoms with Gasteiger partial charge in [0, 0.05) is 10.8 Å². The van der Waals surface area contributed by atoms with Crippen molar-refractivity contribution in [1.82, 2.24) is 0 Å². The number of benzene rings is 4. The lowest BCUT2D eigenvalue weighted by Gasteiger charge is -2.31. The van der Waals surface area contributed by atoms with E-state index in [1.165, 1.54) is 61.2 Å². The highest BCUT2D eigenvalue weighted by molar-refractivity contribution is 5.87. The van der Waals surface area contributed by atoms with Gasteiger partial charge in [-0.05, 0) is 122 Å². The lowest BCUT2D eigenvalue weighted by atomic mass is 9.72. The zero-order chi connectivity index (χ0) is 30.0. The van der Waals surface area contributed by atoms with Crippen molar-refractivity contribution in [1.29, 1.82) is 0 Å². The van der Waals surface area contributed by atoms with E-state index in [9.17, 15) is 0 Å². The van der Waals surface area contributed by atoms with Crippen LogP contribution in [0.1, 0.15) is 121 Å². The third-order valence-corrected chi connectivity index (χ3v) is 11.0. The molecule has 4 aromatic rings. The Hall–Kier alpha value is -3.12. The van der Waals surface area contributed by atoms with E-state index in [0.29, 0.717) is 5.92 Å². The summed E-state index contributed by atoms with van der Waals surface area (Å²) in [5.41, 5.74) is 17.8. The van der Waals surface area contributed by atoms with E-state index in [4.69, 9.17) is 0 Å². The van der Waals surface area contributed by atoms with Crippen LogP contribution in [0.25, 0.3) is 33.4 Å². The molecule has 0 N–H and O–H groups in total. The number of hydrogen-bond donors (Lipinski definition) is 0. The molecule has 0 nitrogen and oxygen atoms in total. The van der Waals surface area contributed by atoms with Gasteiger partial charge in [0.05, 0.1) is 0 Å². The van der Waals surface area contributed by atoms with Gasteiger partial charge in [-0.2, -0.15) is 0 Å². The molecule has 2 aliphatic carbocycles. The molecule has 0 saturated carbocycles. The van der Waals surface area contributed by atoms with Crippen LogP contribution in [0, 0.1) is 5.92 Å². The summed E-state index contributed by atoms with van der Waals surface area (Å²) in [6, 6.07) is 29.3. The summed E-state index contributed by atoms with van der Waals surface area (Å²) >= 11 is 0. The maximum atomic E-state index is 2.55. The van der Waals surface area contributed by atoms with Crippen molar-refractivity contribution in [3.8, 4) is 33.4 Å². The summed E-state index contributed by atoms with van der Waals surface area (Å²) in [6.45, 7) is 21.2. The third-order valence-electron chi connectivity index (χ3n) is 11.0. The van der Waals surface area contributed by atoms with E-state index >= 15 is 0 Å². The zero-order valence-corrected chi connectivity index (χ0v) is 27.5. The van der Waals surface area contributed by atoms with E-state index in [1.807, 2.05) is 0 Å². The highest BCUT2D eigenvalue weighted by atomic mass is 14.5. The molecular formula is C42H50. The molecule has 2 aliphatic rings. The summed E-state index contributed by atoms with van der Waals surface area (Å²) in [5.74, 6) is 0.667. The first kappa shape index (κ1) is 29.0. The molecule has 0 unspecified atom stereocenters. The van der Waals surface area contributed by atoms with Crippen molar-refractivity contribution in [3.05, 3.63) is 106 Å². The summed E-state index contributed by atoms with van der Waals surface area (Å²) in [7, 11) is 0. The van der Waals surface area contributed by atoms with Crippen LogP contribution in [0.4, 0.5) is 0 Å². The molecule has 0 spiro atoms. The molecule has 0 saturated heterocycles. The minimum absolute atomic E-state index is 0.0678. The first-order chi connectivity index (χ1) is 20.0. The Morgan fingerprint density at radius 3 is 1.36 bits per heavy atom. The zero-order valence-electron chi connectivity index (χ0n) is 27.5. The molecule has 4 aromatic carbocycles. The molecule has 0 radical (unpaired) electrons. The fourth-order valence-electron chi connectivity index (χ4n) is 8.49. The van der Waals surface area contributed by atoms with Crippen LogP contribution in [0.5, 0.6) is 0 Å². The molecule has 0 atom stereocenters. The van der Waals surface area contributed by atoms with E-state index in [0.717, 1.165) is 32.1 Å². The third kappa shape index (κ3) is 4.16. The van der Waals surface area contributed by atoms with Gasteiger partial charge in [0.2, 0.25) is 0 Å². The van der Waals surface area contributed by atoms with E-state index in [-0.39, 0.29) is 16.2 Å². The van der Waals surface area contributed by atoms with Crippen LogP contribution in [0.3, 0.4) is 0 Å². The second kappa shape index (κ2) is 10.3. The maximum absolute atomic E-state index is 2.55. The first-order valence-corrected chi connectivity index (χ1v) is 16.6. The molecule has 42 heavy (non-hydrogen) atoms. The minimum atomic E-state index is 0.0678. The van der Waals surface area contributed by atoms with Gasteiger partial charge in [0.25, 0.3) is 0 Å². The van der Waals surface area contributed by atoms with E-state index in [2.05, 4.69) is 135 Å². The molecule has 0 heterocycles. The van der Waals surface area contributed by atoms with E-state index < -0.39 is 0 Å². The van der Waals surface area contributed by atoms with Crippen molar-refractivity contribution in [3.63, 3.8) is 0 Å². The second-order valence-electron chi connectivity index (χ2n) is 14.6. The Bertz CT molecular complexity index is 1650. The fourth-order valence-corrected chi connectivity index (χ4v) is 8.49. The van der Waals surface area contributed by atoms with E-state index in [1.54, 1.807) is 5.56 Å². The highest BCUT2D eigenvalue weighted by Gasteiger charge is 2.43. The summed E-state index contributed by atoms with van der Waals surface area (Å²) in [5, 5.41) is 0. The molecule has 0 aliphatic heterocycles. The summed E-state index contributed by atoms with van der Waals surface area (Å²) in [6.07, 6.45) is 5.63. The number of hydrogen-bond acceptors (Lipinski definition) is 0. The fraction of sp³-hybridized carbons (Fsp3) is 0.429. The second-order valence-corrected chi connectivity index (χ2v) is 14.6. The van der Waals surface area contributed by atoms with Gasteiger partial charge in [-0.15, -0.1) is 0 Å². The van der Waals surface area contributed by atoms with Crippen molar-refractivity contribution < 1.29 is 0 Å². The maximum Gasteiger partial charge on any atom is 0.0210 e. The summed E-state index contributed by atoms with van der Waals surface area (Å²) < 4.78 is 0. The van der Waals surface area contributed by atoms with Gasteiger partial charge in [-0.3, -0.25) is 0 Å². The van der Waals surface area contributed by atoms with Gasteiger partial charge in [0.15, 0.2) is 0 Å². The Morgan fingerprint density at radius 1 is 0.524 bits per heavy atom. The molecule has 6 rings (SSSR count). The van der Waals surface area contributed by atoms with Crippen molar-refractivity contribution >= 4 is 0 Å². The lowest BCUT2D eigenvalue weighted by Crippen LogP contribution is -2.24. The van der Waals surface area contributed by atoms with Gasteiger partial charge in [-0.1, -0.05) is 123 Å². The lowest BCUT2D eigenvalue weighted by molar-refractivity contribution is 0.488. The average molecular weight is 555 g/mol. The first-order valence-electron chi connectivity index (χ1n) is 16.6. The molecule has 0 amide bonds. The Morgan fingerprint density at radius 2 is 0.929 bits per heavy atom. The highest BCUT2D eigenvalue weighted by Crippen LogP contribution is 2.56. The van der Waals surface area contributed by atoms with Gasteiger partial charge in [-0.25, -0.2) is 0 Å². The number of fused-ring (bicyclic) bond motifs is 6. The Balaban J connectivity index is 1.48. The summed E-state index contributed by atoms with van der Waals surface area (Å²) in [4.78, 5) is 0. The monoisotopic (exact) mass is 554 g/mol. The van der Waals surface area contributed by atoms with Crippen LogP contribution in [-0.4, -0.2) is 0 Å². The van der Waals surface area contributed by atoms with Gasteiger partial charge < -0.3 is 0 Å². The SMILES string of the molecule is CCC1(CC)c2cc(CC(C)C)ccc2-c2ccc(-c3ccc4c(c3)C(CC)(CC)c3cc(C(C)(C)C)ccc3-4)cc21. The van der Waals surface area contributed by atoms with Crippen LogP contribution in [0.2, 0.25) is 0 Å². The van der Waals surface area contributed by atoms with Gasteiger partial charge >= 0.3 is 0 Å². The normalized spacial score (nSPS) is 15.9. The average Bonchev–Trinajstić information content (AvgIpc) is 3.42. The molecule has 0 heteroatoms. The van der Waals surface area contributed by atoms with Gasteiger partial charge in [0.1, 0.15) is 0 Å². The topological polar surface area (TPSA) is 0 Å². The Labute approximate surface area is 255 Å². The van der Waals surface area contributed by atoms with Crippen molar-refractivity contribution in [2.75, 3.05) is 0 Å².